The van der Waals surface area contributed by atoms with E-state index in [0.29, 0.717) is 5.56 Å². The summed E-state index contributed by atoms with van der Waals surface area (Å²) in [5.74, 6) is 0.156. The molecular formula is C11H15NO2. The Morgan fingerprint density at radius 3 is 2.93 bits per heavy atom. The second-order valence-electron chi connectivity index (χ2n) is 3.79. The second kappa shape index (κ2) is 3.59. The highest BCUT2D eigenvalue weighted by Gasteiger charge is 2.21. The zero-order valence-corrected chi connectivity index (χ0v) is 8.03. The Labute approximate surface area is 83.2 Å². The summed E-state index contributed by atoms with van der Waals surface area (Å²) in [5.41, 5.74) is 8.70. The molecule has 0 spiro atoms. The molecule has 14 heavy (non-hydrogen) atoms. The first-order valence-corrected chi connectivity index (χ1v) is 4.94. The highest BCUT2D eigenvalue weighted by Crippen LogP contribution is 2.34. The fourth-order valence-electron chi connectivity index (χ4n) is 2.20. The average Bonchev–Trinajstić information content (AvgIpc) is 2.19. The van der Waals surface area contributed by atoms with Gasteiger partial charge in [-0.25, -0.2) is 0 Å². The molecule has 1 aromatic carbocycles. The molecule has 1 atom stereocenters. The van der Waals surface area contributed by atoms with Crippen molar-refractivity contribution in [1.82, 2.24) is 0 Å². The van der Waals surface area contributed by atoms with Crippen molar-refractivity contribution >= 4 is 0 Å². The Morgan fingerprint density at radius 2 is 2.21 bits per heavy atom. The lowest BCUT2D eigenvalue weighted by Crippen LogP contribution is -2.19. The van der Waals surface area contributed by atoms with Crippen LogP contribution in [-0.2, 0) is 13.0 Å². The van der Waals surface area contributed by atoms with Crippen LogP contribution in [-0.4, -0.2) is 10.2 Å². The number of aryl methyl sites for hydroxylation is 1. The van der Waals surface area contributed by atoms with E-state index >= 15 is 0 Å². The van der Waals surface area contributed by atoms with Crippen LogP contribution in [0.25, 0.3) is 0 Å². The molecule has 0 heterocycles. The largest absolute Gasteiger partial charge is 0.508 e. The topological polar surface area (TPSA) is 66.5 Å². The molecule has 0 radical (unpaired) electrons. The lowest BCUT2D eigenvalue weighted by molar-refractivity contribution is 0.272. The summed E-state index contributed by atoms with van der Waals surface area (Å²) in [6, 6.07) is 3.51. The van der Waals surface area contributed by atoms with Crippen molar-refractivity contribution in [3.8, 4) is 5.75 Å². The number of benzene rings is 1. The van der Waals surface area contributed by atoms with Gasteiger partial charge < -0.3 is 15.9 Å². The molecule has 2 rings (SSSR count). The van der Waals surface area contributed by atoms with Crippen LogP contribution in [0.1, 0.15) is 35.6 Å². The smallest absolute Gasteiger partial charge is 0.121 e. The molecule has 0 fully saturated rings. The molecule has 3 heteroatoms. The number of rotatable bonds is 1. The number of hydrogen-bond acceptors (Lipinski definition) is 3. The summed E-state index contributed by atoms with van der Waals surface area (Å²) in [4.78, 5) is 0. The monoisotopic (exact) mass is 193 g/mol. The predicted octanol–water partition coefficient (Wildman–Crippen LogP) is 1.22. The quantitative estimate of drug-likeness (QED) is 0.628. The van der Waals surface area contributed by atoms with E-state index in [4.69, 9.17) is 5.73 Å². The molecule has 0 aliphatic heterocycles. The zero-order valence-electron chi connectivity index (χ0n) is 8.03. The molecule has 0 unspecified atom stereocenters. The van der Waals surface area contributed by atoms with Gasteiger partial charge in [0.05, 0.1) is 6.61 Å². The highest BCUT2D eigenvalue weighted by molar-refractivity contribution is 5.46. The van der Waals surface area contributed by atoms with Gasteiger partial charge in [-0.2, -0.15) is 0 Å². The molecule has 0 amide bonds. The van der Waals surface area contributed by atoms with Crippen LogP contribution >= 0.6 is 0 Å². The van der Waals surface area contributed by atoms with Crippen molar-refractivity contribution in [1.29, 1.82) is 0 Å². The minimum Gasteiger partial charge on any atom is -0.508 e. The van der Waals surface area contributed by atoms with E-state index in [0.717, 1.165) is 24.8 Å². The first-order chi connectivity index (χ1) is 6.74. The van der Waals surface area contributed by atoms with E-state index in [9.17, 15) is 10.2 Å². The van der Waals surface area contributed by atoms with Crippen LogP contribution in [0.3, 0.4) is 0 Å². The molecule has 1 aromatic rings. The standard InChI is InChI=1S/C11H15NO2/c12-9-3-1-2-7-4-5-10(14)8(6-13)11(7)9/h4-5,9,13-14H,1-3,6,12H2/t9-/m0/s1. The summed E-state index contributed by atoms with van der Waals surface area (Å²) < 4.78 is 0. The van der Waals surface area contributed by atoms with Gasteiger partial charge in [0.15, 0.2) is 0 Å². The van der Waals surface area contributed by atoms with E-state index in [2.05, 4.69) is 0 Å². The maximum atomic E-state index is 9.57. The Bertz CT molecular complexity index is 349. The van der Waals surface area contributed by atoms with Crippen molar-refractivity contribution in [3.63, 3.8) is 0 Å². The number of hydrogen-bond donors (Lipinski definition) is 3. The minimum atomic E-state index is -0.136. The molecule has 0 aromatic heterocycles. The van der Waals surface area contributed by atoms with Crippen LogP contribution < -0.4 is 5.73 Å². The molecule has 76 valence electrons. The third-order valence-corrected chi connectivity index (χ3v) is 2.91. The number of phenols is 1. The van der Waals surface area contributed by atoms with E-state index in [1.54, 1.807) is 6.07 Å². The molecule has 4 N–H and O–H groups in total. The van der Waals surface area contributed by atoms with E-state index in [1.807, 2.05) is 6.07 Å². The van der Waals surface area contributed by atoms with Crippen molar-refractivity contribution in [2.45, 2.75) is 31.9 Å². The van der Waals surface area contributed by atoms with Gasteiger partial charge in [0.1, 0.15) is 5.75 Å². The second-order valence-corrected chi connectivity index (χ2v) is 3.79. The maximum Gasteiger partial charge on any atom is 0.121 e. The lowest BCUT2D eigenvalue weighted by Gasteiger charge is -2.25. The van der Waals surface area contributed by atoms with Gasteiger partial charge >= 0.3 is 0 Å². The fraction of sp³-hybridized carbons (Fsp3) is 0.455. The first-order valence-electron chi connectivity index (χ1n) is 4.94. The SMILES string of the molecule is N[C@H]1CCCc2ccc(O)c(CO)c21. The highest BCUT2D eigenvalue weighted by atomic mass is 16.3. The van der Waals surface area contributed by atoms with E-state index in [1.165, 1.54) is 5.56 Å². The van der Waals surface area contributed by atoms with Crippen LogP contribution in [0.4, 0.5) is 0 Å². The maximum absolute atomic E-state index is 9.57. The summed E-state index contributed by atoms with van der Waals surface area (Å²) in [6.45, 7) is -0.136. The molecular weight excluding hydrogens is 178 g/mol. The van der Waals surface area contributed by atoms with Crippen LogP contribution in [0.5, 0.6) is 5.75 Å². The number of fused-ring (bicyclic) bond motifs is 1. The van der Waals surface area contributed by atoms with E-state index in [-0.39, 0.29) is 18.4 Å². The molecule has 1 aliphatic carbocycles. The van der Waals surface area contributed by atoms with Crippen molar-refractivity contribution in [2.75, 3.05) is 0 Å². The Morgan fingerprint density at radius 1 is 1.43 bits per heavy atom. The van der Waals surface area contributed by atoms with Gasteiger partial charge in [-0.05, 0) is 36.5 Å². The molecule has 0 saturated heterocycles. The zero-order chi connectivity index (χ0) is 10.1. The van der Waals surface area contributed by atoms with E-state index < -0.39 is 0 Å². The van der Waals surface area contributed by atoms with Gasteiger partial charge in [-0.3, -0.25) is 0 Å². The Hall–Kier alpha value is -1.06. The molecule has 3 nitrogen and oxygen atoms in total. The Balaban J connectivity index is 2.57. The van der Waals surface area contributed by atoms with Crippen molar-refractivity contribution < 1.29 is 10.2 Å². The first kappa shape index (κ1) is 9.49. The molecule has 0 saturated carbocycles. The van der Waals surface area contributed by atoms with Crippen LogP contribution in [0.2, 0.25) is 0 Å². The summed E-state index contributed by atoms with van der Waals surface area (Å²) in [6.07, 6.45) is 3.02. The van der Waals surface area contributed by atoms with Gasteiger partial charge in [0, 0.05) is 11.6 Å². The fourth-order valence-corrected chi connectivity index (χ4v) is 2.20. The normalized spacial score (nSPS) is 20.6. The lowest BCUT2D eigenvalue weighted by atomic mass is 9.85. The number of nitrogens with two attached hydrogens (primary N) is 1. The van der Waals surface area contributed by atoms with Crippen molar-refractivity contribution in [2.24, 2.45) is 5.73 Å². The molecule has 0 bridgehead atoms. The number of aliphatic hydroxyl groups excluding tert-OH is 1. The number of aliphatic hydroxyl groups is 1. The predicted molar refractivity (Wildman–Crippen MR) is 53.9 cm³/mol. The number of aromatic hydroxyl groups is 1. The van der Waals surface area contributed by atoms with Gasteiger partial charge in [0.2, 0.25) is 0 Å². The van der Waals surface area contributed by atoms with Gasteiger partial charge in [-0.15, -0.1) is 0 Å². The third kappa shape index (κ3) is 1.38. The third-order valence-electron chi connectivity index (χ3n) is 2.91. The molecule has 1 aliphatic rings. The minimum absolute atomic E-state index is 0.0343. The Kier molecular flexibility index (Phi) is 2.44. The summed E-state index contributed by atoms with van der Waals surface area (Å²) in [5, 5.41) is 18.7. The van der Waals surface area contributed by atoms with Gasteiger partial charge in [-0.1, -0.05) is 6.07 Å². The van der Waals surface area contributed by atoms with Crippen LogP contribution in [0.15, 0.2) is 12.1 Å². The van der Waals surface area contributed by atoms with Crippen molar-refractivity contribution in [3.05, 3.63) is 28.8 Å². The summed E-state index contributed by atoms with van der Waals surface area (Å²) in [7, 11) is 0. The van der Waals surface area contributed by atoms with Crippen LogP contribution in [0, 0.1) is 0 Å². The average molecular weight is 193 g/mol. The van der Waals surface area contributed by atoms with Gasteiger partial charge in [0.25, 0.3) is 0 Å². The summed E-state index contributed by atoms with van der Waals surface area (Å²) >= 11 is 0.